The maximum Gasteiger partial charge on any atom is 0.276 e. The van der Waals surface area contributed by atoms with E-state index in [0.29, 0.717) is 22.7 Å². The van der Waals surface area contributed by atoms with Crippen LogP contribution in [0.3, 0.4) is 0 Å². The molecule has 0 atom stereocenters. The average Bonchev–Trinajstić information content (AvgIpc) is 3.45. The minimum atomic E-state index is -0.223. The molecule has 1 N–H and O–H groups in total. The SMILES string of the molecule is Cc1cc(Oc2ncccc2C#N)ccc1NC(=O)c1nn(-c2ccccc2C)c2c1CCC2. The van der Waals surface area contributed by atoms with Gasteiger partial charge in [0.1, 0.15) is 17.4 Å². The van der Waals surface area contributed by atoms with Crippen molar-refractivity contribution in [2.45, 2.75) is 33.1 Å². The summed E-state index contributed by atoms with van der Waals surface area (Å²) in [6.07, 6.45) is 4.35. The number of anilines is 1. The van der Waals surface area contributed by atoms with Gasteiger partial charge in [-0.2, -0.15) is 10.4 Å². The third kappa shape index (κ3) is 3.90. The van der Waals surface area contributed by atoms with Crippen molar-refractivity contribution in [2.24, 2.45) is 0 Å². The van der Waals surface area contributed by atoms with Gasteiger partial charge in [-0.3, -0.25) is 4.79 Å². The molecule has 0 fully saturated rings. The normalized spacial score (nSPS) is 12.1. The summed E-state index contributed by atoms with van der Waals surface area (Å²) in [7, 11) is 0. The number of hydrogen-bond acceptors (Lipinski definition) is 5. The van der Waals surface area contributed by atoms with Gasteiger partial charge in [-0.1, -0.05) is 18.2 Å². The number of rotatable bonds is 5. The minimum absolute atomic E-state index is 0.223. The number of aromatic nitrogens is 3. The van der Waals surface area contributed by atoms with Crippen LogP contribution >= 0.6 is 0 Å². The van der Waals surface area contributed by atoms with Gasteiger partial charge >= 0.3 is 0 Å². The Kier molecular flexibility index (Phi) is 5.56. The number of hydrogen-bond donors (Lipinski definition) is 1. The van der Waals surface area contributed by atoms with Crippen molar-refractivity contribution in [2.75, 3.05) is 5.32 Å². The van der Waals surface area contributed by atoms with Crippen LogP contribution in [0.2, 0.25) is 0 Å². The molecule has 0 aliphatic heterocycles. The zero-order valence-corrected chi connectivity index (χ0v) is 19.0. The van der Waals surface area contributed by atoms with E-state index in [1.54, 1.807) is 30.5 Å². The number of aryl methyl sites for hydroxylation is 2. The Labute approximate surface area is 197 Å². The highest BCUT2D eigenvalue weighted by molar-refractivity contribution is 6.04. The summed E-state index contributed by atoms with van der Waals surface area (Å²) in [4.78, 5) is 17.4. The number of carbonyl (C=O) groups excluding carboxylic acids is 1. The van der Waals surface area contributed by atoms with Gasteiger partial charge in [0.25, 0.3) is 5.91 Å². The maximum absolute atomic E-state index is 13.3. The molecule has 168 valence electrons. The second-order valence-electron chi connectivity index (χ2n) is 8.33. The molecule has 0 unspecified atom stereocenters. The molecule has 2 aromatic heterocycles. The highest BCUT2D eigenvalue weighted by Crippen LogP contribution is 2.31. The van der Waals surface area contributed by atoms with Crippen LogP contribution in [-0.4, -0.2) is 20.7 Å². The van der Waals surface area contributed by atoms with Crippen LogP contribution in [0.4, 0.5) is 5.69 Å². The number of nitrogens with zero attached hydrogens (tertiary/aromatic N) is 4. The van der Waals surface area contributed by atoms with Crippen LogP contribution in [-0.2, 0) is 12.8 Å². The summed E-state index contributed by atoms with van der Waals surface area (Å²) in [5.41, 5.74) is 6.60. The van der Waals surface area contributed by atoms with Crippen LogP contribution in [0.5, 0.6) is 11.6 Å². The van der Waals surface area contributed by atoms with E-state index in [2.05, 4.69) is 29.4 Å². The van der Waals surface area contributed by atoms with Crippen LogP contribution in [0.1, 0.15) is 44.9 Å². The summed E-state index contributed by atoms with van der Waals surface area (Å²) in [6, 6.07) is 18.8. The zero-order chi connectivity index (χ0) is 23.7. The predicted octanol–water partition coefficient (Wildman–Crippen LogP) is 5.29. The van der Waals surface area contributed by atoms with E-state index in [0.717, 1.165) is 47.3 Å². The molecular weight excluding hydrogens is 426 g/mol. The van der Waals surface area contributed by atoms with Crippen molar-refractivity contribution in [3.05, 3.63) is 94.4 Å². The predicted molar refractivity (Wildman–Crippen MR) is 128 cm³/mol. The number of nitriles is 1. The first-order valence-electron chi connectivity index (χ1n) is 11.2. The number of para-hydroxylation sites is 1. The molecule has 0 spiro atoms. The number of carbonyl (C=O) groups is 1. The van der Waals surface area contributed by atoms with Crippen LogP contribution in [0, 0.1) is 25.2 Å². The first-order chi connectivity index (χ1) is 16.5. The molecule has 0 bridgehead atoms. The number of nitrogens with one attached hydrogen (secondary N) is 1. The highest BCUT2D eigenvalue weighted by atomic mass is 16.5. The third-order valence-corrected chi connectivity index (χ3v) is 6.04. The fourth-order valence-electron chi connectivity index (χ4n) is 4.31. The second kappa shape index (κ2) is 8.83. The fourth-order valence-corrected chi connectivity index (χ4v) is 4.31. The Bertz CT molecular complexity index is 1450. The summed E-state index contributed by atoms with van der Waals surface area (Å²) in [5, 5.41) is 17.0. The minimum Gasteiger partial charge on any atom is -0.438 e. The molecule has 2 heterocycles. The fraction of sp³-hybridized carbons (Fsp3) is 0.185. The Morgan fingerprint density at radius 1 is 1.09 bits per heavy atom. The molecule has 0 radical (unpaired) electrons. The molecule has 0 saturated heterocycles. The quantitative estimate of drug-likeness (QED) is 0.447. The summed E-state index contributed by atoms with van der Waals surface area (Å²) in [5.74, 6) is 0.563. The molecule has 2 aromatic carbocycles. The smallest absolute Gasteiger partial charge is 0.276 e. The summed E-state index contributed by atoms with van der Waals surface area (Å²) >= 11 is 0. The van der Waals surface area contributed by atoms with Crippen molar-refractivity contribution in [1.29, 1.82) is 5.26 Å². The van der Waals surface area contributed by atoms with Crippen molar-refractivity contribution in [1.82, 2.24) is 14.8 Å². The van der Waals surface area contributed by atoms with E-state index in [-0.39, 0.29) is 11.8 Å². The molecule has 34 heavy (non-hydrogen) atoms. The lowest BCUT2D eigenvalue weighted by molar-refractivity contribution is 0.102. The first kappa shape index (κ1) is 21.4. The van der Waals surface area contributed by atoms with E-state index < -0.39 is 0 Å². The number of fused-ring (bicyclic) bond motifs is 1. The van der Waals surface area contributed by atoms with Crippen molar-refractivity contribution in [3.8, 4) is 23.4 Å². The third-order valence-electron chi connectivity index (χ3n) is 6.04. The van der Waals surface area contributed by atoms with Gasteiger partial charge in [-0.15, -0.1) is 0 Å². The maximum atomic E-state index is 13.3. The average molecular weight is 450 g/mol. The Morgan fingerprint density at radius 3 is 2.74 bits per heavy atom. The van der Waals surface area contributed by atoms with E-state index in [9.17, 15) is 10.1 Å². The molecule has 7 heteroatoms. The lowest BCUT2D eigenvalue weighted by Gasteiger charge is -2.11. The van der Waals surface area contributed by atoms with Crippen LogP contribution < -0.4 is 10.1 Å². The van der Waals surface area contributed by atoms with Gasteiger partial charge in [0.15, 0.2) is 5.69 Å². The number of benzene rings is 2. The topological polar surface area (TPSA) is 92.8 Å². The molecule has 4 aromatic rings. The summed E-state index contributed by atoms with van der Waals surface area (Å²) < 4.78 is 7.71. The van der Waals surface area contributed by atoms with Crippen LogP contribution in [0.15, 0.2) is 60.8 Å². The first-order valence-corrected chi connectivity index (χ1v) is 11.2. The van der Waals surface area contributed by atoms with Crippen molar-refractivity contribution in [3.63, 3.8) is 0 Å². The highest BCUT2D eigenvalue weighted by Gasteiger charge is 2.27. The lowest BCUT2D eigenvalue weighted by atomic mass is 10.1. The molecule has 5 rings (SSSR count). The number of pyridine rings is 1. The van der Waals surface area contributed by atoms with Gasteiger partial charge in [-0.25, -0.2) is 9.67 Å². The van der Waals surface area contributed by atoms with Gasteiger partial charge in [0, 0.05) is 23.1 Å². The van der Waals surface area contributed by atoms with Gasteiger partial charge in [0.2, 0.25) is 5.88 Å². The Hall–Kier alpha value is -4.44. The molecule has 7 nitrogen and oxygen atoms in total. The monoisotopic (exact) mass is 449 g/mol. The van der Waals surface area contributed by atoms with E-state index in [1.807, 2.05) is 35.9 Å². The lowest BCUT2D eigenvalue weighted by Crippen LogP contribution is -2.15. The molecule has 1 amide bonds. The molecule has 1 aliphatic carbocycles. The van der Waals surface area contributed by atoms with Crippen molar-refractivity contribution < 1.29 is 9.53 Å². The Balaban J connectivity index is 1.40. The Morgan fingerprint density at radius 2 is 1.94 bits per heavy atom. The zero-order valence-electron chi connectivity index (χ0n) is 19.0. The molecule has 0 saturated carbocycles. The standard InChI is InChI=1S/C27H23N5O2/c1-17-7-3-4-10-23(17)32-24-11-5-9-21(24)25(31-32)26(33)30-22-13-12-20(15-18(22)2)34-27-19(16-28)8-6-14-29-27/h3-4,6-8,10,12-15H,5,9,11H2,1-2H3,(H,30,33). The van der Waals surface area contributed by atoms with Gasteiger partial charge in [0.05, 0.1) is 5.69 Å². The van der Waals surface area contributed by atoms with E-state index in [4.69, 9.17) is 9.84 Å². The van der Waals surface area contributed by atoms with Crippen molar-refractivity contribution >= 4 is 11.6 Å². The number of amides is 1. The molecule has 1 aliphatic rings. The van der Waals surface area contributed by atoms with E-state index >= 15 is 0 Å². The summed E-state index contributed by atoms with van der Waals surface area (Å²) in [6.45, 7) is 3.94. The van der Waals surface area contributed by atoms with Gasteiger partial charge < -0.3 is 10.1 Å². The molecular formula is C27H23N5O2. The van der Waals surface area contributed by atoms with Gasteiger partial charge in [-0.05, 0) is 80.6 Å². The van der Waals surface area contributed by atoms with Crippen LogP contribution in [0.25, 0.3) is 5.69 Å². The largest absolute Gasteiger partial charge is 0.438 e. The second-order valence-corrected chi connectivity index (χ2v) is 8.33. The van der Waals surface area contributed by atoms with E-state index in [1.165, 1.54) is 0 Å². The number of ether oxygens (including phenoxy) is 1.